The van der Waals surface area contributed by atoms with Gasteiger partial charge in [-0.05, 0) is 50.2 Å². The highest BCUT2D eigenvalue weighted by Gasteiger charge is 2.22. The van der Waals surface area contributed by atoms with Crippen molar-refractivity contribution in [1.82, 2.24) is 28.7 Å². The first-order valence-electron chi connectivity index (χ1n) is 23.6. The van der Waals surface area contributed by atoms with Gasteiger partial charge in [0.1, 0.15) is 22.2 Å². The molecule has 9 heterocycles. The van der Waals surface area contributed by atoms with Crippen molar-refractivity contribution in [2.75, 3.05) is 108 Å². The quantitative estimate of drug-likeness (QED) is 0.156. The maximum Gasteiger partial charge on any atom is 0.339 e. The van der Waals surface area contributed by atoms with Crippen molar-refractivity contribution in [3.63, 3.8) is 0 Å². The number of halogens is 1. The molecule has 0 bridgehead atoms. The first kappa shape index (κ1) is 54.1. The number of carboxylic acids is 1. The highest BCUT2D eigenvalue weighted by atomic mass is 35.5. The number of pyridine rings is 6. The van der Waals surface area contributed by atoms with Crippen molar-refractivity contribution in [2.45, 2.75) is 13.8 Å². The molecular weight excluding hydrogens is 978 g/mol. The number of anilines is 3. The molecule has 22 heteroatoms. The molecule has 0 unspecified atom stereocenters. The number of esters is 2. The predicted molar refractivity (Wildman–Crippen MR) is 278 cm³/mol. The Morgan fingerprint density at radius 3 is 1.18 bits per heavy atom. The number of hydrogen-bond acceptors (Lipinski definition) is 17. The minimum Gasteiger partial charge on any atom is -0.478 e. The van der Waals surface area contributed by atoms with Gasteiger partial charge in [-0.1, -0.05) is 11.6 Å². The molecule has 0 radical (unpaired) electrons. The molecule has 6 aromatic heterocycles. The van der Waals surface area contributed by atoms with Gasteiger partial charge in [0.25, 0.3) is 16.7 Å². The summed E-state index contributed by atoms with van der Waals surface area (Å²) in [6.07, 6.45) is 9.35. The van der Waals surface area contributed by atoms with E-state index in [1.807, 2.05) is 40.7 Å². The number of hydrogen-bond donors (Lipinski definition) is 1. The van der Waals surface area contributed by atoms with Gasteiger partial charge in [0.05, 0.1) is 70.6 Å². The minimum atomic E-state index is -1.03. The van der Waals surface area contributed by atoms with E-state index in [0.717, 1.165) is 22.4 Å². The third kappa shape index (κ3) is 12.5. The molecule has 3 fully saturated rings. The van der Waals surface area contributed by atoms with Crippen LogP contribution >= 0.6 is 11.6 Å². The molecule has 0 spiro atoms. The molecule has 390 valence electrons. The summed E-state index contributed by atoms with van der Waals surface area (Å²) in [6, 6.07) is 10.4. The molecule has 1 N–H and O–H groups in total. The molecule has 6 aromatic rings. The molecule has 21 nitrogen and oxygen atoms in total. The summed E-state index contributed by atoms with van der Waals surface area (Å²) in [6.45, 7) is 11.2. The van der Waals surface area contributed by atoms with Crippen LogP contribution in [-0.2, 0) is 44.8 Å². The zero-order chi connectivity index (χ0) is 53.2. The molecule has 74 heavy (non-hydrogen) atoms. The van der Waals surface area contributed by atoms with Gasteiger partial charge in [-0.3, -0.25) is 24.4 Å². The lowest BCUT2D eigenvalue weighted by atomic mass is 10.0. The summed E-state index contributed by atoms with van der Waals surface area (Å²) in [5, 5.41) is 9.44. The van der Waals surface area contributed by atoms with Gasteiger partial charge < -0.3 is 57.2 Å². The van der Waals surface area contributed by atoms with Gasteiger partial charge in [0.15, 0.2) is 0 Å². The van der Waals surface area contributed by atoms with Crippen LogP contribution in [0.5, 0.6) is 0 Å². The monoisotopic (exact) mass is 1040 g/mol. The molecule has 0 aliphatic carbocycles. The summed E-state index contributed by atoms with van der Waals surface area (Å²) in [5.74, 6) is -1.96. The second-order valence-electron chi connectivity index (χ2n) is 17.5. The Morgan fingerprint density at radius 1 is 0.514 bits per heavy atom. The van der Waals surface area contributed by atoms with Crippen molar-refractivity contribution in [2.24, 2.45) is 21.1 Å². The topological polar surface area (TPSA) is 232 Å². The lowest BCUT2D eigenvalue weighted by Crippen LogP contribution is -2.40. The van der Waals surface area contributed by atoms with E-state index in [1.165, 1.54) is 41.9 Å². The van der Waals surface area contributed by atoms with E-state index in [9.17, 15) is 33.9 Å². The average molecular weight is 1040 g/mol. The molecule has 0 atom stereocenters. The van der Waals surface area contributed by atoms with Gasteiger partial charge in [0.2, 0.25) is 0 Å². The van der Waals surface area contributed by atoms with Crippen LogP contribution in [0.4, 0.5) is 17.1 Å². The Bertz CT molecular complexity index is 3090. The number of carbonyl (C=O) groups excluding carboxylic acids is 2. The first-order chi connectivity index (χ1) is 35.5. The van der Waals surface area contributed by atoms with E-state index < -0.39 is 17.9 Å². The zero-order valence-electron chi connectivity index (χ0n) is 42.3. The maximum absolute atomic E-state index is 12.5. The average Bonchev–Trinajstić information content (AvgIpc) is 3.41. The largest absolute Gasteiger partial charge is 0.478 e. The summed E-state index contributed by atoms with van der Waals surface area (Å²) < 4.78 is 30.1. The second kappa shape index (κ2) is 24.3. The van der Waals surface area contributed by atoms with Crippen LogP contribution in [0.25, 0.3) is 33.4 Å². The molecule has 0 saturated carbocycles. The van der Waals surface area contributed by atoms with Crippen molar-refractivity contribution in [3.8, 4) is 33.4 Å². The van der Waals surface area contributed by atoms with Gasteiger partial charge in [-0.25, -0.2) is 19.4 Å². The van der Waals surface area contributed by atoms with Gasteiger partial charge in [-0.15, -0.1) is 0 Å². The lowest BCUT2D eigenvalue weighted by Gasteiger charge is -2.28. The molecule has 3 saturated heterocycles. The maximum atomic E-state index is 12.5. The van der Waals surface area contributed by atoms with Crippen molar-refractivity contribution in [1.29, 1.82) is 0 Å². The number of nitrogens with zero attached hydrogens (tertiary/aromatic N) is 9. The van der Waals surface area contributed by atoms with Crippen molar-refractivity contribution >= 4 is 46.6 Å². The highest BCUT2D eigenvalue weighted by molar-refractivity contribution is 6.32. The van der Waals surface area contributed by atoms with E-state index in [0.29, 0.717) is 129 Å². The number of carboxylic acid groups (broad SMARTS) is 1. The van der Waals surface area contributed by atoms with E-state index in [-0.39, 0.29) is 27.4 Å². The third-order valence-electron chi connectivity index (χ3n) is 12.6. The van der Waals surface area contributed by atoms with E-state index in [2.05, 4.69) is 15.0 Å². The van der Waals surface area contributed by atoms with E-state index in [1.54, 1.807) is 68.6 Å². The highest BCUT2D eigenvalue weighted by Crippen LogP contribution is 2.30. The molecule has 3 aliphatic rings. The number of aryl methyl sites for hydroxylation is 5. The van der Waals surface area contributed by atoms with Crippen LogP contribution in [0.3, 0.4) is 0 Å². The third-order valence-corrected chi connectivity index (χ3v) is 12.9. The summed E-state index contributed by atoms with van der Waals surface area (Å²) in [4.78, 5) is 90.9. The number of ether oxygens (including phenoxy) is 5. The lowest BCUT2D eigenvalue weighted by molar-refractivity contribution is 0.0591. The van der Waals surface area contributed by atoms with Crippen LogP contribution < -0.4 is 31.4 Å². The van der Waals surface area contributed by atoms with Gasteiger partial charge in [-0.2, -0.15) is 0 Å². The van der Waals surface area contributed by atoms with Crippen LogP contribution in [0.15, 0.2) is 88.0 Å². The SMILES string of the molecule is COC(=O)c1cnc(C)c(-c2cc(N3CCOCC3)c(=O)n(C)c2)c1.COC(=O)c1cnc(Cl)c(-c2cc(N3CCOCC3)c(=O)n(C)c2)c1.Cc1ncc(C(=O)O)cc1-c1cc(N2CCOCC2)c(=O)n(C)c1. The summed E-state index contributed by atoms with van der Waals surface area (Å²) in [5.41, 5.74) is 8.23. The fourth-order valence-corrected chi connectivity index (χ4v) is 8.71. The van der Waals surface area contributed by atoms with Crippen LogP contribution in [-0.4, -0.2) is 145 Å². The van der Waals surface area contributed by atoms with E-state index in [4.69, 9.17) is 35.3 Å². The Kier molecular flexibility index (Phi) is 17.8. The summed E-state index contributed by atoms with van der Waals surface area (Å²) in [7, 11) is 7.74. The standard InChI is InChI=1S/C18H21N3O4.C17H18ClN3O4.C17H19N3O4/c1-12-15(8-13(10-19-12)18(23)24-3)14-9-16(17(22)20(2)11-14)21-4-6-25-7-5-21;1-20-10-12(8-14(16(20)22)21-3-5-25-6-4-21)13-7-11(17(23)24-2)9-19-15(13)18;1-11-14(7-12(9-18-11)17(22)23)13-8-15(16(21)19(2)10-13)20-3-5-24-6-4-20/h8-11H,4-7H2,1-3H3;7-10H,3-6H2,1-2H3;7-10H,3-6H2,1-2H3,(H,22,23). The number of methoxy groups -OCH3 is 2. The minimum absolute atomic E-state index is 0.0552. The number of rotatable bonds is 9. The molecule has 3 aliphatic heterocycles. The van der Waals surface area contributed by atoms with E-state index >= 15 is 0 Å². The smallest absolute Gasteiger partial charge is 0.339 e. The number of morpholine rings is 3. The predicted octanol–water partition coefficient (Wildman–Crippen LogP) is 4.39. The zero-order valence-corrected chi connectivity index (χ0v) is 43.0. The van der Waals surface area contributed by atoms with Crippen LogP contribution in [0.2, 0.25) is 5.15 Å². The number of aromatic carboxylic acids is 1. The summed E-state index contributed by atoms with van der Waals surface area (Å²) >= 11 is 6.22. The fourth-order valence-electron chi connectivity index (χ4n) is 8.49. The Balaban J connectivity index is 0.000000162. The normalized spacial score (nSPS) is 14.5. The van der Waals surface area contributed by atoms with Crippen molar-refractivity contribution in [3.05, 3.63) is 138 Å². The van der Waals surface area contributed by atoms with Crippen LogP contribution in [0, 0.1) is 13.8 Å². The molecule has 0 amide bonds. The first-order valence-corrected chi connectivity index (χ1v) is 24.0. The van der Waals surface area contributed by atoms with Crippen molar-refractivity contribution < 1.29 is 43.2 Å². The fraction of sp³-hybridized carbons (Fsp3) is 0.365. The molecular formula is C52H58ClN9O12. The number of aromatic nitrogens is 6. The Hall–Kier alpha value is -7.72. The molecule has 9 rings (SSSR count). The van der Waals surface area contributed by atoms with Gasteiger partial charge in [0, 0.05) is 142 Å². The Labute approximate surface area is 431 Å². The number of carbonyl (C=O) groups is 3. The van der Waals surface area contributed by atoms with Gasteiger partial charge >= 0.3 is 17.9 Å². The van der Waals surface area contributed by atoms with Crippen LogP contribution in [0.1, 0.15) is 42.5 Å². The molecule has 0 aromatic carbocycles. The second-order valence-corrected chi connectivity index (χ2v) is 17.8. The Morgan fingerprint density at radius 2 is 0.824 bits per heavy atom.